The Hall–Kier alpha value is -2.73. The number of hydrogen-bond acceptors (Lipinski definition) is 4. The highest BCUT2D eigenvalue weighted by atomic mass is 16.6. The Morgan fingerprint density at radius 2 is 1.84 bits per heavy atom. The van der Waals surface area contributed by atoms with Gasteiger partial charge in [-0.2, -0.15) is 5.10 Å². The topological polar surface area (TPSA) is 63.2 Å². The highest BCUT2D eigenvalue weighted by Gasteiger charge is 2.19. The number of nitrogens with one attached hydrogen (secondary N) is 1. The van der Waals surface area contributed by atoms with Gasteiger partial charge in [-0.15, -0.1) is 0 Å². The Labute approximate surface area is 147 Å². The highest BCUT2D eigenvalue weighted by Crippen LogP contribution is 2.15. The lowest BCUT2D eigenvalue weighted by atomic mass is 10.1. The average molecular weight is 339 g/mol. The third-order valence-corrected chi connectivity index (χ3v) is 4.52. The third-order valence-electron chi connectivity index (χ3n) is 4.52. The molecule has 1 fully saturated rings. The molecule has 0 unspecified atom stereocenters. The molecule has 25 heavy (non-hydrogen) atoms. The number of quaternary nitrogens is 1. The van der Waals surface area contributed by atoms with Gasteiger partial charge in [0.25, 0.3) is 5.69 Å². The molecule has 6 nitrogen and oxygen atoms in total. The quantitative estimate of drug-likeness (QED) is 0.512. The van der Waals surface area contributed by atoms with E-state index in [2.05, 4.69) is 36.3 Å². The van der Waals surface area contributed by atoms with E-state index < -0.39 is 0 Å². The lowest BCUT2D eigenvalue weighted by Crippen LogP contribution is -3.13. The summed E-state index contributed by atoms with van der Waals surface area (Å²) >= 11 is 0. The van der Waals surface area contributed by atoms with Crippen molar-refractivity contribution < 1.29 is 9.82 Å². The predicted octanol–water partition coefficient (Wildman–Crippen LogP) is 1.64. The monoisotopic (exact) mass is 339 g/mol. The molecule has 0 aliphatic carbocycles. The van der Waals surface area contributed by atoms with Gasteiger partial charge in [-0.25, -0.2) is 0 Å². The molecule has 0 radical (unpaired) electrons. The summed E-state index contributed by atoms with van der Waals surface area (Å²) in [5, 5.41) is 17.5. The maximum absolute atomic E-state index is 11.0. The van der Waals surface area contributed by atoms with Crippen LogP contribution in [0.15, 0.2) is 53.6 Å². The fourth-order valence-corrected chi connectivity index (χ4v) is 3.00. The number of para-hydroxylation sites is 1. The number of benzene rings is 2. The summed E-state index contributed by atoms with van der Waals surface area (Å²) in [6.07, 6.45) is 1.60. The summed E-state index contributed by atoms with van der Waals surface area (Å²) in [5.41, 5.74) is 3.28. The van der Waals surface area contributed by atoms with E-state index in [0.29, 0.717) is 5.56 Å². The minimum atomic E-state index is -0.370. The van der Waals surface area contributed by atoms with Gasteiger partial charge in [0.2, 0.25) is 0 Å². The molecule has 0 spiro atoms. The summed E-state index contributed by atoms with van der Waals surface area (Å²) in [6, 6.07) is 15.4. The first-order valence-corrected chi connectivity index (χ1v) is 8.53. The number of aryl methyl sites for hydroxylation is 1. The number of nitrogens with zero attached hydrogens (tertiary/aromatic N) is 3. The van der Waals surface area contributed by atoms with Crippen molar-refractivity contribution in [2.24, 2.45) is 5.10 Å². The number of nitro groups is 1. The molecule has 6 heteroatoms. The Balaban J connectivity index is 1.54. The fraction of sp³-hybridized carbons (Fsp3) is 0.316. The second kappa shape index (κ2) is 7.90. The molecule has 1 aliphatic heterocycles. The first kappa shape index (κ1) is 17.1. The van der Waals surface area contributed by atoms with Crippen LogP contribution in [0.5, 0.6) is 0 Å². The van der Waals surface area contributed by atoms with Crippen LogP contribution in [0.3, 0.4) is 0 Å². The Bertz CT molecular complexity index is 750. The Morgan fingerprint density at radius 1 is 1.16 bits per heavy atom. The van der Waals surface area contributed by atoms with Gasteiger partial charge in [0, 0.05) is 11.6 Å². The average Bonchev–Trinajstić information content (AvgIpc) is 2.63. The second-order valence-electron chi connectivity index (χ2n) is 6.43. The van der Waals surface area contributed by atoms with E-state index in [1.165, 1.54) is 17.2 Å². The maximum atomic E-state index is 11.0. The number of nitro benzene ring substituents is 1. The van der Waals surface area contributed by atoms with E-state index >= 15 is 0 Å². The molecule has 0 atom stereocenters. The number of hydrogen-bond donors (Lipinski definition) is 1. The molecule has 0 bridgehead atoms. The van der Waals surface area contributed by atoms with Crippen molar-refractivity contribution in [3.05, 3.63) is 75.3 Å². The van der Waals surface area contributed by atoms with E-state index in [-0.39, 0.29) is 10.6 Å². The Morgan fingerprint density at radius 3 is 2.52 bits per heavy atom. The summed E-state index contributed by atoms with van der Waals surface area (Å²) in [7, 11) is 0. The van der Waals surface area contributed by atoms with Gasteiger partial charge in [-0.3, -0.25) is 15.1 Å². The molecule has 0 amide bonds. The van der Waals surface area contributed by atoms with Gasteiger partial charge in [0.15, 0.2) is 0 Å². The van der Waals surface area contributed by atoms with Gasteiger partial charge >= 0.3 is 0 Å². The van der Waals surface area contributed by atoms with Crippen LogP contribution >= 0.6 is 0 Å². The summed E-state index contributed by atoms with van der Waals surface area (Å²) in [4.78, 5) is 12.2. The molecule has 2 aromatic carbocycles. The maximum Gasteiger partial charge on any atom is 0.278 e. The van der Waals surface area contributed by atoms with Crippen molar-refractivity contribution in [1.82, 2.24) is 5.01 Å². The van der Waals surface area contributed by atoms with E-state index in [9.17, 15) is 10.1 Å². The highest BCUT2D eigenvalue weighted by molar-refractivity contribution is 5.84. The smallest absolute Gasteiger partial charge is 0.278 e. The van der Waals surface area contributed by atoms with Crippen molar-refractivity contribution in [3.63, 3.8) is 0 Å². The molecule has 130 valence electrons. The van der Waals surface area contributed by atoms with E-state index in [1.807, 2.05) is 5.01 Å². The first-order chi connectivity index (χ1) is 12.1. The predicted molar refractivity (Wildman–Crippen MR) is 97.8 cm³/mol. The minimum absolute atomic E-state index is 0.0925. The van der Waals surface area contributed by atoms with Gasteiger partial charge < -0.3 is 4.90 Å². The van der Waals surface area contributed by atoms with E-state index in [0.717, 1.165) is 32.7 Å². The van der Waals surface area contributed by atoms with Crippen molar-refractivity contribution in [2.75, 3.05) is 26.2 Å². The van der Waals surface area contributed by atoms with E-state index in [1.54, 1.807) is 29.3 Å². The van der Waals surface area contributed by atoms with Crippen molar-refractivity contribution in [1.29, 1.82) is 0 Å². The van der Waals surface area contributed by atoms with Crippen LogP contribution in [0, 0.1) is 17.0 Å². The third kappa shape index (κ3) is 4.64. The lowest BCUT2D eigenvalue weighted by molar-refractivity contribution is -0.918. The van der Waals surface area contributed by atoms with Crippen LogP contribution in [0.2, 0.25) is 0 Å². The molecule has 2 aromatic rings. The zero-order valence-corrected chi connectivity index (χ0v) is 14.4. The molecule has 1 aliphatic rings. The molecule has 1 heterocycles. The van der Waals surface area contributed by atoms with E-state index in [4.69, 9.17) is 0 Å². The SMILES string of the molecule is Cc1ccc(C[NH+]2CCN(N=Cc3ccccc3[N+](=O)[O-])CC2)cc1. The largest absolute Gasteiger partial charge is 0.328 e. The number of rotatable bonds is 5. The van der Waals surface area contributed by atoms with Crippen LogP contribution in [0.4, 0.5) is 5.69 Å². The van der Waals surface area contributed by atoms with Crippen molar-refractivity contribution in [2.45, 2.75) is 13.5 Å². The normalized spacial score (nSPS) is 15.6. The zero-order chi connectivity index (χ0) is 17.6. The number of piperazine rings is 1. The van der Waals surface area contributed by atoms with Gasteiger partial charge in [-0.1, -0.05) is 42.0 Å². The summed E-state index contributed by atoms with van der Waals surface area (Å²) in [6.45, 7) is 6.88. The lowest BCUT2D eigenvalue weighted by Gasteiger charge is -2.30. The van der Waals surface area contributed by atoms with Crippen molar-refractivity contribution >= 4 is 11.9 Å². The molecule has 3 rings (SSSR count). The molecule has 1 N–H and O–H groups in total. The molecule has 0 aromatic heterocycles. The standard InChI is InChI=1S/C19H22N4O2/c1-16-6-8-17(9-7-16)15-21-10-12-22(13-11-21)20-14-18-4-2-3-5-19(18)23(24)25/h2-9,14H,10-13,15H2,1H3/p+1. The zero-order valence-electron chi connectivity index (χ0n) is 14.4. The van der Waals surface area contributed by atoms with Gasteiger partial charge in [0.05, 0.1) is 42.9 Å². The minimum Gasteiger partial charge on any atom is -0.328 e. The summed E-state index contributed by atoms with van der Waals surface area (Å²) in [5.74, 6) is 0. The van der Waals surface area contributed by atoms with Gasteiger partial charge in [-0.05, 0) is 13.0 Å². The van der Waals surface area contributed by atoms with Gasteiger partial charge in [0.1, 0.15) is 6.54 Å². The number of hydrazone groups is 1. The first-order valence-electron chi connectivity index (χ1n) is 8.53. The molecule has 1 saturated heterocycles. The molecular weight excluding hydrogens is 316 g/mol. The van der Waals surface area contributed by atoms with Crippen molar-refractivity contribution in [3.8, 4) is 0 Å². The van der Waals surface area contributed by atoms with Crippen LogP contribution in [-0.2, 0) is 6.54 Å². The molecular formula is C19H23N4O2+. The fourth-order valence-electron chi connectivity index (χ4n) is 3.00. The van der Waals surface area contributed by atoms with Crippen LogP contribution < -0.4 is 4.90 Å². The summed E-state index contributed by atoms with van der Waals surface area (Å²) < 4.78 is 0. The Kier molecular flexibility index (Phi) is 5.40. The van der Waals surface area contributed by atoms with Crippen LogP contribution in [-0.4, -0.2) is 42.3 Å². The molecule has 0 saturated carbocycles. The van der Waals surface area contributed by atoms with Crippen LogP contribution in [0.25, 0.3) is 0 Å². The van der Waals surface area contributed by atoms with Crippen LogP contribution in [0.1, 0.15) is 16.7 Å². The second-order valence-corrected chi connectivity index (χ2v) is 6.43.